The van der Waals surface area contributed by atoms with Gasteiger partial charge in [-0.1, -0.05) is 34.1 Å². The van der Waals surface area contributed by atoms with Gasteiger partial charge in [-0.25, -0.2) is 0 Å². The fourth-order valence-electron chi connectivity index (χ4n) is 2.49. The van der Waals surface area contributed by atoms with Crippen LogP contribution in [0.3, 0.4) is 0 Å². The Hall–Kier alpha value is -0.970. The summed E-state index contributed by atoms with van der Waals surface area (Å²) in [5.41, 5.74) is 6.56. The van der Waals surface area contributed by atoms with Crippen molar-refractivity contribution in [3.05, 3.63) is 46.5 Å². The van der Waals surface area contributed by atoms with Gasteiger partial charge in [-0.05, 0) is 23.8 Å². The highest BCUT2D eigenvalue weighted by Crippen LogP contribution is 2.34. The van der Waals surface area contributed by atoms with Crippen LogP contribution in [0.5, 0.6) is 0 Å². The SMILES string of the molecule is C[N+]1(C)CC=CC(C=O)(c2ccc(Br)cc2)C1N. The van der Waals surface area contributed by atoms with Crippen molar-refractivity contribution in [3.63, 3.8) is 0 Å². The van der Waals surface area contributed by atoms with Crippen LogP contribution in [0.25, 0.3) is 0 Å². The maximum absolute atomic E-state index is 11.7. The largest absolute Gasteiger partial charge is 0.309 e. The number of carbonyl (C=O) groups is 1. The molecule has 0 radical (unpaired) electrons. The van der Waals surface area contributed by atoms with E-state index >= 15 is 0 Å². The molecule has 0 saturated carbocycles. The van der Waals surface area contributed by atoms with Crippen LogP contribution in [0.15, 0.2) is 40.9 Å². The third kappa shape index (κ3) is 2.05. The van der Waals surface area contributed by atoms with Gasteiger partial charge in [-0.15, -0.1) is 0 Å². The summed E-state index contributed by atoms with van der Waals surface area (Å²) in [4.78, 5) is 11.7. The quantitative estimate of drug-likeness (QED) is 0.514. The minimum absolute atomic E-state index is 0.277. The van der Waals surface area contributed by atoms with Crippen molar-refractivity contribution in [1.29, 1.82) is 0 Å². The first-order valence-electron chi connectivity index (χ1n) is 5.91. The van der Waals surface area contributed by atoms with Crippen LogP contribution in [0, 0.1) is 0 Å². The summed E-state index contributed by atoms with van der Waals surface area (Å²) in [5.74, 6) is 0. The molecule has 1 aliphatic heterocycles. The van der Waals surface area contributed by atoms with Crippen molar-refractivity contribution in [3.8, 4) is 0 Å². The Morgan fingerprint density at radius 1 is 1.39 bits per heavy atom. The molecule has 96 valence electrons. The molecule has 0 bridgehead atoms. The highest BCUT2D eigenvalue weighted by Gasteiger charge is 2.47. The Labute approximate surface area is 116 Å². The normalized spacial score (nSPS) is 30.1. The molecule has 2 rings (SSSR count). The average Bonchev–Trinajstić information content (AvgIpc) is 2.34. The minimum atomic E-state index is -0.734. The summed E-state index contributed by atoms with van der Waals surface area (Å²) in [5, 5.41) is 0. The van der Waals surface area contributed by atoms with Gasteiger partial charge in [0.1, 0.15) is 11.7 Å². The second kappa shape index (κ2) is 4.61. The summed E-state index contributed by atoms with van der Waals surface area (Å²) in [6.07, 6.45) is 4.68. The zero-order chi connectivity index (χ0) is 13.4. The Bertz CT molecular complexity index is 481. The zero-order valence-electron chi connectivity index (χ0n) is 10.6. The van der Waals surface area contributed by atoms with Gasteiger partial charge in [0, 0.05) is 4.47 Å². The Kier molecular flexibility index (Phi) is 3.45. The predicted octanol–water partition coefficient (Wildman–Crippen LogP) is 1.82. The summed E-state index contributed by atoms with van der Waals surface area (Å²) in [7, 11) is 4.09. The van der Waals surface area contributed by atoms with E-state index in [0.29, 0.717) is 4.48 Å². The topological polar surface area (TPSA) is 43.1 Å². The van der Waals surface area contributed by atoms with Gasteiger partial charge in [0.15, 0.2) is 6.17 Å². The van der Waals surface area contributed by atoms with Crippen LogP contribution in [-0.2, 0) is 10.2 Å². The monoisotopic (exact) mass is 309 g/mol. The standard InChI is InChI=1S/C14H18BrN2O/c1-17(2)9-3-8-14(10-18,13(17)16)11-4-6-12(15)7-5-11/h3-8,10,13H,9,16H2,1-2H3/q+1. The molecule has 0 saturated heterocycles. The van der Waals surface area contributed by atoms with Crippen LogP contribution in [0.4, 0.5) is 0 Å². The van der Waals surface area contributed by atoms with E-state index in [1.165, 1.54) is 0 Å². The van der Waals surface area contributed by atoms with E-state index in [-0.39, 0.29) is 6.17 Å². The zero-order valence-corrected chi connectivity index (χ0v) is 12.2. The van der Waals surface area contributed by atoms with Gasteiger partial charge < -0.3 is 9.28 Å². The van der Waals surface area contributed by atoms with Gasteiger partial charge in [0.2, 0.25) is 0 Å². The molecule has 1 aromatic rings. The van der Waals surface area contributed by atoms with Crippen molar-refractivity contribution in [1.82, 2.24) is 0 Å². The lowest BCUT2D eigenvalue weighted by Crippen LogP contribution is -2.65. The molecule has 2 atom stereocenters. The van der Waals surface area contributed by atoms with E-state index in [0.717, 1.165) is 22.9 Å². The molecule has 0 aromatic heterocycles. The minimum Gasteiger partial charge on any atom is -0.309 e. The average molecular weight is 310 g/mol. The number of nitrogens with zero attached hydrogens (tertiary/aromatic N) is 1. The Morgan fingerprint density at radius 2 is 2.00 bits per heavy atom. The van der Waals surface area contributed by atoms with Crippen molar-refractivity contribution in [2.75, 3.05) is 20.6 Å². The van der Waals surface area contributed by atoms with Crippen molar-refractivity contribution < 1.29 is 9.28 Å². The third-order valence-electron chi connectivity index (χ3n) is 3.75. The van der Waals surface area contributed by atoms with E-state index in [9.17, 15) is 4.79 Å². The fraction of sp³-hybridized carbons (Fsp3) is 0.357. The van der Waals surface area contributed by atoms with Gasteiger partial charge in [0.25, 0.3) is 0 Å². The van der Waals surface area contributed by atoms with Gasteiger partial charge in [0.05, 0.1) is 20.6 Å². The van der Waals surface area contributed by atoms with Crippen molar-refractivity contribution in [2.45, 2.75) is 11.6 Å². The van der Waals surface area contributed by atoms with E-state index in [1.807, 2.05) is 50.5 Å². The Morgan fingerprint density at radius 3 is 2.56 bits per heavy atom. The van der Waals surface area contributed by atoms with Crippen molar-refractivity contribution in [2.24, 2.45) is 5.73 Å². The molecule has 18 heavy (non-hydrogen) atoms. The molecule has 0 fully saturated rings. The smallest absolute Gasteiger partial charge is 0.160 e. The molecule has 0 aliphatic carbocycles. The van der Waals surface area contributed by atoms with Crippen LogP contribution >= 0.6 is 15.9 Å². The van der Waals surface area contributed by atoms with Crippen LogP contribution in [0.1, 0.15) is 5.56 Å². The maximum atomic E-state index is 11.7. The summed E-state index contributed by atoms with van der Waals surface area (Å²) < 4.78 is 1.60. The summed E-state index contributed by atoms with van der Waals surface area (Å²) >= 11 is 3.41. The van der Waals surface area contributed by atoms with E-state index in [4.69, 9.17) is 5.73 Å². The molecule has 0 spiro atoms. The lowest BCUT2D eigenvalue weighted by molar-refractivity contribution is -0.914. The number of nitrogens with two attached hydrogens (primary N) is 1. The van der Waals surface area contributed by atoms with Gasteiger partial charge >= 0.3 is 0 Å². The number of hydrogen-bond donors (Lipinski definition) is 1. The molecule has 1 aliphatic rings. The predicted molar refractivity (Wildman–Crippen MR) is 76.0 cm³/mol. The first kappa shape index (κ1) is 13.5. The molecule has 3 nitrogen and oxygen atoms in total. The van der Waals surface area contributed by atoms with Crippen LogP contribution < -0.4 is 5.73 Å². The molecule has 4 heteroatoms. The number of quaternary nitrogens is 1. The molecule has 0 amide bonds. The number of halogens is 1. The maximum Gasteiger partial charge on any atom is 0.160 e. The molecule has 2 N–H and O–H groups in total. The molecular weight excluding hydrogens is 292 g/mol. The molecule has 1 heterocycles. The van der Waals surface area contributed by atoms with Crippen LogP contribution in [-0.4, -0.2) is 37.6 Å². The number of rotatable bonds is 2. The second-order valence-electron chi connectivity index (χ2n) is 5.37. The summed E-state index contributed by atoms with van der Waals surface area (Å²) in [6, 6.07) is 7.79. The highest BCUT2D eigenvalue weighted by atomic mass is 79.9. The Balaban J connectivity index is 2.54. The second-order valence-corrected chi connectivity index (χ2v) is 6.28. The number of hydrogen-bond acceptors (Lipinski definition) is 2. The molecule has 2 unspecified atom stereocenters. The van der Waals surface area contributed by atoms with Crippen LogP contribution in [0.2, 0.25) is 0 Å². The fourth-order valence-corrected chi connectivity index (χ4v) is 2.76. The molecule has 1 aromatic carbocycles. The number of aldehydes is 1. The number of benzene rings is 1. The first-order valence-corrected chi connectivity index (χ1v) is 6.70. The summed E-state index contributed by atoms with van der Waals surface area (Å²) in [6.45, 7) is 0.841. The highest BCUT2D eigenvalue weighted by molar-refractivity contribution is 9.10. The van der Waals surface area contributed by atoms with Gasteiger partial charge in [-0.3, -0.25) is 5.73 Å². The molecular formula is C14H18BrN2O+. The van der Waals surface area contributed by atoms with E-state index in [1.54, 1.807) is 0 Å². The number of carbonyl (C=O) groups excluding carboxylic acids is 1. The number of likely N-dealkylation sites (N-methyl/N-ethyl adjacent to an activating group) is 1. The van der Waals surface area contributed by atoms with E-state index in [2.05, 4.69) is 15.9 Å². The lowest BCUT2D eigenvalue weighted by Gasteiger charge is -2.45. The third-order valence-corrected chi connectivity index (χ3v) is 4.28. The lowest BCUT2D eigenvalue weighted by atomic mass is 9.76. The van der Waals surface area contributed by atoms with Crippen molar-refractivity contribution >= 4 is 22.2 Å². The van der Waals surface area contributed by atoms with E-state index < -0.39 is 5.41 Å². The van der Waals surface area contributed by atoms with Gasteiger partial charge in [-0.2, -0.15) is 0 Å². The first-order chi connectivity index (χ1) is 8.42.